The molecular formula is C29H31N5O6S2. The molecule has 0 fully saturated rings. The van der Waals surface area contributed by atoms with Crippen LogP contribution in [0.1, 0.15) is 5.56 Å². The fourth-order valence-corrected chi connectivity index (χ4v) is 5.03. The first-order valence-corrected chi connectivity index (χ1v) is 15.1. The molecule has 0 bridgehead atoms. The van der Waals surface area contributed by atoms with Crippen LogP contribution in [0, 0.1) is 6.92 Å². The van der Waals surface area contributed by atoms with Crippen LogP contribution in [0.15, 0.2) is 113 Å². The Morgan fingerprint density at radius 2 is 1.24 bits per heavy atom. The van der Waals surface area contributed by atoms with Gasteiger partial charge in [0.05, 0.1) is 4.90 Å². The Morgan fingerprint density at radius 1 is 0.619 bits per heavy atom. The van der Waals surface area contributed by atoms with Gasteiger partial charge in [0.2, 0.25) is 0 Å². The predicted molar refractivity (Wildman–Crippen MR) is 169 cm³/mol. The molecule has 0 amide bonds. The van der Waals surface area contributed by atoms with Crippen molar-refractivity contribution in [2.24, 2.45) is 0 Å². The number of anilines is 6. The van der Waals surface area contributed by atoms with Gasteiger partial charge in [-0.2, -0.15) is 16.8 Å². The first-order valence-electron chi connectivity index (χ1n) is 12.2. The SMILES string of the molecule is Cc1cc(N)ccc1N.Nc1ccc(Nc2ccccc2)c2c(S(=O)(=O)O)cccc12.Nc1cccc(S(=O)(=O)O)c1. The van der Waals surface area contributed by atoms with Crippen LogP contribution in [0.4, 0.5) is 34.1 Å². The number of aryl methyl sites for hydroxylation is 1. The lowest BCUT2D eigenvalue weighted by Gasteiger charge is -2.13. The number of hydrogen-bond donors (Lipinski definition) is 7. The summed E-state index contributed by atoms with van der Waals surface area (Å²) in [6, 6.07) is 28.3. The van der Waals surface area contributed by atoms with Crippen molar-refractivity contribution in [2.75, 3.05) is 28.3 Å². The second kappa shape index (κ2) is 13.2. The fraction of sp³-hybridized carbons (Fsp3) is 0.0345. The molecule has 11 nitrogen and oxygen atoms in total. The van der Waals surface area contributed by atoms with Crippen molar-refractivity contribution in [3.8, 4) is 0 Å². The Kier molecular flexibility index (Phi) is 9.99. The van der Waals surface area contributed by atoms with Crippen LogP contribution in [-0.4, -0.2) is 25.9 Å². The summed E-state index contributed by atoms with van der Waals surface area (Å²) in [6.07, 6.45) is 0. The molecule has 11 N–H and O–H groups in total. The zero-order chi connectivity index (χ0) is 31.1. The highest BCUT2D eigenvalue weighted by Crippen LogP contribution is 2.35. The van der Waals surface area contributed by atoms with E-state index in [4.69, 9.17) is 27.5 Å². The topological polar surface area (TPSA) is 225 Å². The third kappa shape index (κ3) is 8.59. The van der Waals surface area contributed by atoms with Crippen LogP contribution in [0.25, 0.3) is 10.8 Å². The monoisotopic (exact) mass is 609 g/mol. The largest absolute Gasteiger partial charge is 0.399 e. The number of nitrogen functional groups attached to an aromatic ring is 4. The van der Waals surface area contributed by atoms with Crippen LogP contribution in [0.3, 0.4) is 0 Å². The van der Waals surface area contributed by atoms with Crippen molar-refractivity contribution in [3.05, 3.63) is 109 Å². The maximum absolute atomic E-state index is 11.6. The number of nitrogens with one attached hydrogen (secondary N) is 1. The van der Waals surface area contributed by atoms with Gasteiger partial charge in [0.1, 0.15) is 4.90 Å². The van der Waals surface area contributed by atoms with Crippen molar-refractivity contribution in [1.29, 1.82) is 0 Å². The smallest absolute Gasteiger partial charge is 0.295 e. The average molecular weight is 610 g/mol. The first-order chi connectivity index (χ1) is 19.7. The predicted octanol–water partition coefficient (Wildman–Crippen LogP) is 5.09. The van der Waals surface area contributed by atoms with E-state index in [9.17, 15) is 21.4 Å². The minimum Gasteiger partial charge on any atom is -0.399 e. The quantitative estimate of drug-likeness (QED) is 0.105. The van der Waals surface area contributed by atoms with E-state index in [0.29, 0.717) is 27.8 Å². The van der Waals surface area contributed by atoms with Crippen LogP contribution in [0.5, 0.6) is 0 Å². The third-order valence-electron chi connectivity index (χ3n) is 5.82. The summed E-state index contributed by atoms with van der Waals surface area (Å²) in [5.41, 5.74) is 26.9. The van der Waals surface area contributed by atoms with E-state index in [0.717, 1.165) is 22.6 Å². The minimum absolute atomic E-state index is 0.171. The van der Waals surface area contributed by atoms with Crippen LogP contribution in [-0.2, 0) is 20.2 Å². The third-order valence-corrected chi connectivity index (χ3v) is 7.56. The van der Waals surface area contributed by atoms with Gasteiger partial charge in [0.15, 0.2) is 0 Å². The summed E-state index contributed by atoms with van der Waals surface area (Å²) in [4.78, 5) is -0.353. The average Bonchev–Trinajstić information content (AvgIpc) is 2.93. The number of nitrogens with two attached hydrogens (primary N) is 4. The van der Waals surface area contributed by atoms with E-state index < -0.39 is 20.2 Å². The lowest BCUT2D eigenvalue weighted by molar-refractivity contribution is 0.481. The number of para-hydroxylation sites is 1. The van der Waals surface area contributed by atoms with Crippen molar-refractivity contribution in [1.82, 2.24) is 0 Å². The van der Waals surface area contributed by atoms with E-state index in [1.807, 2.05) is 49.4 Å². The molecule has 0 aliphatic rings. The van der Waals surface area contributed by atoms with Gasteiger partial charge in [-0.3, -0.25) is 9.11 Å². The molecule has 220 valence electrons. The molecule has 42 heavy (non-hydrogen) atoms. The molecule has 5 rings (SSSR count). The standard InChI is InChI=1S/C16H14N2O3S.C7H10N2.C6H7NO3S/c17-13-9-10-14(18-11-5-2-1-3-6-11)16-12(13)7-4-8-15(16)22(19,20)21;1-5-4-6(8)2-3-7(5)9;7-5-2-1-3-6(4-5)11(8,9)10/h1-10,18H,17H2,(H,19,20,21);2-4H,8-9H2,1H3;1-4H,7H2,(H,8,9,10). The van der Waals surface area contributed by atoms with E-state index in [1.165, 1.54) is 30.3 Å². The summed E-state index contributed by atoms with van der Waals surface area (Å²) in [6.45, 7) is 1.94. The molecule has 0 heterocycles. The van der Waals surface area contributed by atoms with Gasteiger partial charge >= 0.3 is 0 Å². The number of hydrogen-bond acceptors (Lipinski definition) is 9. The van der Waals surface area contributed by atoms with Gasteiger partial charge < -0.3 is 28.3 Å². The van der Waals surface area contributed by atoms with Crippen LogP contribution in [0.2, 0.25) is 0 Å². The highest BCUT2D eigenvalue weighted by molar-refractivity contribution is 7.86. The maximum Gasteiger partial charge on any atom is 0.295 e. The summed E-state index contributed by atoms with van der Waals surface area (Å²) in [5, 5.41) is 4.09. The molecule has 0 radical (unpaired) electrons. The van der Waals surface area contributed by atoms with Gasteiger partial charge in [-0.15, -0.1) is 0 Å². The maximum atomic E-state index is 11.6. The van der Waals surface area contributed by atoms with E-state index >= 15 is 0 Å². The molecular weight excluding hydrogens is 578 g/mol. The van der Waals surface area contributed by atoms with Crippen LogP contribution >= 0.6 is 0 Å². The lowest BCUT2D eigenvalue weighted by atomic mass is 10.1. The zero-order valence-corrected chi connectivity index (χ0v) is 24.1. The first kappa shape index (κ1) is 31.7. The molecule has 0 atom stereocenters. The molecule has 5 aromatic carbocycles. The van der Waals surface area contributed by atoms with Gasteiger partial charge in [0, 0.05) is 44.9 Å². The zero-order valence-electron chi connectivity index (χ0n) is 22.5. The summed E-state index contributed by atoms with van der Waals surface area (Å²) >= 11 is 0. The normalized spacial score (nSPS) is 11.0. The number of rotatable bonds is 4. The van der Waals surface area contributed by atoms with Crippen molar-refractivity contribution >= 4 is 65.1 Å². The molecule has 0 spiro atoms. The van der Waals surface area contributed by atoms with E-state index in [-0.39, 0.29) is 9.79 Å². The van der Waals surface area contributed by atoms with E-state index in [2.05, 4.69) is 5.32 Å². The second-order valence-electron chi connectivity index (χ2n) is 9.01. The molecule has 0 aliphatic carbocycles. The lowest BCUT2D eigenvalue weighted by Crippen LogP contribution is -2.02. The molecule has 0 aliphatic heterocycles. The molecule has 0 saturated carbocycles. The van der Waals surface area contributed by atoms with Crippen molar-refractivity contribution in [2.45, 2.75) is 16.7 Å². The summed E-state index contributed by atoms with van der Waals surface area (Å²) < 4.78 is 62.3. The van der Waals surface area contributed by atoms with Crippen molar-refractivity contribution in [3.63, 3.8) is 0 Å². The molecule has 13 heteroatoms. The number of fused-ring (bicyclic) bond motifs is 1. The highest BCUT2D eigenvalue weighted by Gasteiger charge is 2.18. The minimum atomic E-state index is -4.36. The summed E-state index contributed by atoms with van der Waals surface area (Å²) in [7, 11) is -8.46. The van der Waals surface area contributed by atoms with Crippen molar-refractivity contribution < 1.29 is 25.9 Å². The molecule has 0 aromatic heterocycles. The van der Waals surface area contributed by atoms with Gasteiger partial charge in [-0.1, -0.05) is 36.4 Å². The summed E-state index contributed by atoms with van der Waals surface area (Å²) in [5.74, 6) is 0. The Balaban J connectivity index is 0.000000201. The van der Waals surface area contributed by atoms with Gasteiger partial charge in [-0.25, -0.2) is 0 Å². The van der Waals surface area contributed by atoms with Gasteiger partial charge in [-0.05, 0) is 79.2 Å². The van der Waals surface area contributed by atoms with Gasteiger partial charge in [0.25, 0.3) is 20.2 Å². The second-order valence-corrected chi connectivity index (χ2v) is 11.8. The molecule has 5 aromatic rings. The Bertz CT molecular complexity index is 1920. The molecule has 0 unspecified atom stereocenters. The highest BCUT2D eigenvalue weighted by atomic mass is 32.2. The van der Waals surface area contributed by atoms with Crippen LogP contribution < -0.4 is 28.3 Å². The number of benzene rings is 5. The molecule has 0 saturated heterocycles. The Labute approximate surface area is 244 Å². The Morgan fingerprint density at radius 3 is 1.79 bits per heavy atom. The Hall–Kier alpha value is -4.82. The fourth-order valence-electron chi connectivity index (χ4n) is 3.77. The van der Waals surface area contributed by atoms with E-state index in [1.54, 1.807) is 30.3 Å².